The van der Waals surface area contributed by atoms with Crippen LogP contribution in [0.5, 0.6) is 0 Å². The SMILES string of the molecule is C=CC(=O)N1Cc2sc(Cl)cc2C(c2ccccc2/C(N)=C/C=NC)C1. The summed E-state index contributed by atoms with van der Waals surface area (Å²) in [5.41, 5.74) is 10.1. The number of carbonyl (C=O) groups excluding carboxylic acids is 1. The van der Waals surface area contributed by atoms with E-state index in [1.165, 1.54) is 17.4 Å². The van der Waals surface area contributed by atoms with Crippen LogP contribution in [0.2, 0.25) is 4.34 Å². The van der Waals surface area contributed by atoms with Gasteiger partial charge in [0.05, 0.1) is 10.9 Å². The number of hydrogen-bond acceptors (Lipinski definition) is 4. The third-order valence-electron chi connectivity index (χ3n) is 4.46. The first-order valence-corrected chi connectivity index (χ1v) is 9.41. The second kappa shape index (κ2) is 7.89. The number of fused-ring (bicyclic) bond motifs is 1. The molecule has 0 radical (unpaired) electrons. The molecule has 1 aliphatic heterocycles. The van der Waals surface area contributed by atoms with Crippen molar-refractivity contribution >= 4 is 40.8 Å². The summed E-state index contributed by atoms with van der Waals surface area (Å²) in [5, 5.41) is 0. The minimum Gasteiger partial charge on any atom is -0.398 e. The fourth-order valence-electron chi connectivity index (χ4n) is 3.26. The molecule has 1 aromatic carbocycles. The second-order valence-corrected chi connectivity index (χ2v) is 7.79. The Hall–Kier alpha value is -2.37. The molecule has 1 amide bonds. The van der Waals surface area contributed by atoms with Gasteiger partial charge in [0.25, 0.3) is 0 Å². The first-order chi connectivity index (χ1) is 12.5. The molecular weight excluding hydrogens is 366 g/mol. The normalized spacial score (nSPS) is 17.4. The first kappa shape index (κ1) is 18.4. The fraction of sp³-hybridized carbons (Fsp3) is 0.200. The van der Waals surface area contributed by atoms with Gasteiger partial charge in [-0.2, -0.15) is 0 Å². The van der Waals surface area contributed by atoms with Crippen LogP contribution in [-0.2, 0) is 11.3 Å². The van der Waals surface area contributed by atoms with Gasteiger partial charge in [0.2, 0.25) is 5.91 Å². The molecule has 6 heteroatoms. The van der Waals surface area contributed by atoms with E-state index in [9.17, 15) is 4.79 Å². The maximum Gasteiger partial charge on any atom is 0.246 e. The molecule has 2 aromatic rings. The van der Waals surface area contributed by atoms with E-state index in [0.29, 0.717) is 18.8 Å². The summed E-state index contributed by atoms with van der Waals surface area (Å²) in [5.74, 6) is -0.0719. The Morgan fingerprint density at radius 2 is 2.19 bits per heavy atom. The summed E-state index contributed by atoms with van der Waals surface area (Å²) in [4.78, 5) is 19.1. The molecule has 134 valence electrons. The topological polar surface area (TPSA) is 58.7 Å². The Balaban J connectivity index is 2.10. The highest BCUT2D eigenvalue weighted by molar-refractivity contribution is 7.16. The van der Waals surface area contributed by atoms with E-state index in [1.807, 2.05) is 24.3 Å². The highest BCUT2D eigenvalue weighted by atomic mass is 35.5. The number of benzene rings is 1. The molecule has 2 heterocycles. The molecule has 4 nitrogen and oxygen atoms in total. The predicted octanol–water partition coefficient (Wildman–Crippen LogP) is 4.06. The molecule has 26 heavy (non-hydrogen) atoms. The van der Waals surface area contributed by atoms with Gasteiger partial charge in [-0.1, -0.05) is 42.4 Å². The van der Waals surface area contributed by atoms with Gasteiger partial charge in [-0.3, -0.25) is 9.79 Å². The van der Waals surface area contributed by atoms with Crippen LogP contribution in [-0.4, -0.2) is 30.6 Å². The summed E-state index contributed by atoms with van der Waals surface area (Å²) in [6.45, 7) is 4.74. The standard InChI is InChI=1S/C20H20ClN3OS/c1-3-20(25)24-11-16(15-10-19(21)26-18(15)12-24)13-6-4-5-7-14(13)17(22)8-9-23-2/h3-10,16H,1,11-12,22H2,2H3/b17-8-,23-9?. The number of halogens is 1. The lowest BCUT2D eigenvalue weighted by atomic mass is 9.85. The van der Waals surface area contributed by atoms with Crippen molar-refractivity contribution in [3.63, 3.8) is 0 Å². The first-order valence-electron chi connectivity index (χ1n) is 8.21. The Kier molecular flexibility index (Phi) is 5.59. The van der Waals surface area contributed by atoms with Gasteiger partial charge in [0.1, 0.15) is 0 Å². The average Bonchev–Trinajstić information content (AvgIpc) is 3.04. The molecule has 0 saturated heterocycles. The molecule has 0 fully saturated rings. The van der Waals surface area contributed by atoms with Crippen LogP contribution >= 0.6 is 22.9 Å². The number of nitrogens with two attached hydrogens (primary N) is 1. The largest absolute Gasteiger partial charge is 0.398 e. The van der Waals surface area contributed by atoms with Crippen LogP contribution in [0, 0.1) is 0 Å². The summed E-state index contributed by atoms with van der Waals surface area (Å²) >= 11 is 7.80. The molecule has 0 aliphatic carbocycles. The highest BCUT2D eigenvalue weighted by Crippen LogP contribution is 2.41. The van der Waals surface area contributed by atoms with Crippen LogP contribution in [0.3, 0.4) is 0 Å². The number of thiophene rings is 1. The molecule has 1 atom stereocenters. The highest BCUT2D eigenvalue weighted by Gasteiger charge is 2.31. The van der Waals surface area contributed by atoms with Gasteiger partial charge in [-0.25, -0.2) is 0 Å². The quantitative estimate of drug-likeness (QED) is 0.637. The van der Waals surface area contributed by atoms with Gasteiger partial charge >= 0.3 is 0 Å². The Labute approximate surface area is 162 Å². The minimum absolute atomic E-state index is 0.00751. The smallest absolute Gasteiger partial charge is 0.246 e. The molecule has 0 spiro atoms. The zero-order valence-corrected chi connectivity index (χ0v) is 16.1. The van der Waals surface area contributed by atoms with Crippen LogP contribution in [0.4, 0.5) is 0 Å². The van der Waals surface area contributed by atoms with E-state index in [1.54, 1.807) is 24.2 Å². The van der Waals surface area contributed by atoms with Crippen LogP contribution in [0.15, 0.2) is 54.1 Å². The van der Waals surface area contributed by atoms with Crippen molar-refractivity contribution in [2.45, 2.75) is 12.5 Å². The molecular formula is C20H20ClN3OS. The number of carbonyl (C=O) groups is 1. The van der Waals surface area contributed by atoms with E-state index in [-0.39, 0.29) is 11.8 Å². The van der Waals surface area contributed by atoms with E-state index in [0.717, 1.165) is 25.9 Å². The Morgan fingerprint density at radius 1 is 1.42 bits per heavy atom. The maximum absolute atomic E-state index is 12.2. The van der Waals surface area contributed by atoms with Crippen LogP contribution in [0.25, 0.3) is 5.70 Å². The lowest BCUT2D eigenvalue weighted by Gasteiger charge is -2.33. The lowest BCUT2D eigenvalue weighted by Crippen LogP contribution is -2.37. The third-order valence-corrected chi connectivity index (χ3v) is 5.73. The van der Waals surface area contributed by atoms with Gasteiger partial charge in [0, 0.05) is 41.9 Å². The van der Waals surface area contributed by atoms with E-state index in [2.05, 4.69) is 17.6 Å². The molecule has 0 bridgehead atoms. The van der Waals surface area contributed by atoms with Crippen molar-refractivity contribution in [1.82, 2.24) is 4.90 Å². The number of amides is 1. The fourth-order valence-corrected chi connectivity index (χ4v) is 4.61. The average molecular weight is 386 g/mol. The van der Waals surface area contributed by atoms with Gasteiger partial charge < -0.3 is 10.6 Å². The molecule has 2 N–H and O–H groups in total. The maximum atomic E-state index is 12.2. The van der Waals surface area contributed by atoms with Crippen molar-refractivity contribution in [3.05, 3.63) is 75.0 Å². The number of nitrogens with zero attached hydrogens (tertiary/aromatic N) is 2. The van der Waals surface area contributed by atoms with Crippen molar-refractivity contribution in [3.8, 4) is 0 Å². The van der Waals surface area contributed by atoms with Crippen molar-refractivity contribution in [2.75, 3.05) is 13.6 Å². The zero-order chi connectivity index (χ0) is 18.7. The summed E-state index contributed by atoms with van der Waals surface area (Å²) < 4.78 is 0.729. The number of rotatable bonds is 4. The molecule has 0 saturated carbocycles. The van der Waals surface area contributed by atoms with Crippen molar-refractivity contribution in [2.24, 2.45) is 10.7 Å². The van der Waals surface area contributed by atoms with Crippen LogP contribution in [0.1, 0.15) is 27.5 Å². The minimum atomic E-state index is -0.0794. The third kappa shape index (κ3) is 3.59. The molecule has 1 unspecified atom stereocenters. The van der Waals surface area contributed by atoms with Crippen molar-refractivity contribution in [1.29, 1.82) is 0 Å². The van der Waals surface area contributed by atoms with E-state index in [4.69, 9.17) is 17.3 Å². The summed E-state index contributed by atoms with van der Waals surface area (Å²) in [6.07, 6.45) is 4.82. The lowest BCUT2D eigenvalue weighted by molar-refractivity contribution is -0.127. The molecule has 3 rings (SSSR count). The number of aliphatic imine (C=N–C) groups is 1. The molecule has 1 aromatic heterocycles. The van der Waals surface area contributed by atoms with Gasteiger partial charge in [-0.15, -0.1) is 11.3 Å². The van der Waals surface area contributed by atoms with Crippen LogP contribution < -0.4 is 5.73 Å². The monoisotopic (exact) mass is 385 g/mol. The zero-order valence-electron chi connectivity index (χ0n) is 14.5. The van der Waals surface area contributed by atoms with E-state index < -0.39 is 0 Å². The number of hydrogen-bond donors (Lipinski definition) is 1. The predicted molar refractivity (Wildman–Crippen MR) is 110 cm³/mol. The Bertz CT molecular complexity index is 900. The summed E-state index contributed by atoms with van der Waals surface area (Å²) in [7, 11) is 1.70. The number of allylic oxidation sites excluding steroid dienone is 1. The van der Waals surface area contributed by atoms with Gasteiger partial charge in [0.15, 0.2) is 0 Å². The van der Waals surface area contributed by atoms with E-state index >= 15 is 0 Å². The summed E-state index contributed by atoms with van der Waals surface area (Å²) in [6, 6.07) is 10.0. The van der Waals surface area contributed by atoms with Crippen molar-refractivity contribution < 1.29 is 4.79 Å². The Morgan fingerprint density at radius 3 is 2.92 bits per heavy atom. The molecule has 1 aliphatic rings. The second-order valence-electron chi connectivity index (χ2n) is 6.02. The van der Waals surface area contributed by atoms with Gasteiger partial charge in [-0.05, 0) is 29.3 Å².